The van der Waals surface area contributed by atoms with Crippen molar-refractivity contribution in [3.05, 3.63) is 54.5 Å². The number of thioether (sulfide) groups is 1. The molecule has 37 heavy (non-hydrogen) atoms. The molecule has 8 heteroatoms. The fourth-order valence-corrected chi connectivity index (χ4v) is 5.52. The first-order valence-corrected chi connectivity index (χ1v) is 14.5. The molecule has 0 saturated heterocycles. The average molecular weight is 529 g/mol. The number of furan rings is 1. The van der Waals surface area contributed by atoms with E-state index < -0.39 is 12.1 Å². The molecule has 0 bridgehead atoms. The lowest BCUT2D eigenvalue weighted by atomic mass is 9.84. The number of carbonyl (C=O) groups excluding carboxylic acids is 3. The Bertz CT molecular complexity index is 958. The summed E-state index contributed by atoms with van der Waals surface area (Å²) in [6.07, 6.45) is 8.47. The lowest BCUT2D eigenvalue weighted by Crippen LogP contribution is -2.53. The Hall–Kier alpha value is -2.74. The number of ketones is 1. The number of nitrogens with one attached hydrogen (secondary N) is 2. The van der Waals surface area contributed by atoms with Crippen LogP contribution in [-0.2, 0) is 20.1 Å². The predicted octanol–water partition coefficient (Wildman–Crippen LogP) is 5.15. The Balaban J connectivity index is 1.59. The number of rotatable bonds is 15. The first kappa shape index (κ1) is 28.8. The van der Waals surface area contributed by atoms with Crippen molar-refractivity contribution < 1.29 is 23.5 Å². The van der Waals surface area contributed by atoms with Gasteiger partial charge in [-0.15, -0.1) is 11.8 Å². The normalized spacial score (nSPS) is 15.6. The number of benzene rings is 1. The van der Waals surface area contributed by atoms with Gasteiger partial charge in [0.25, 0.3) is 5.91 Å². The number of Topliss-reactive ketones (excluding diaryl/α,β-unsaturated/α-hetero) is 1. The summed E-state index contributed by atoms with van der Waals surface area (Å²) in [6.45, 7) is 3.82. The van der Waals surface area contributed by atoms with Crippen LogP contribution in [0.2, 0.25) is 0 Å². The second-order valence-corrected chi connectivity index (χ2v) is 11.2. The van der Waals surface area contributed by atoms with Gasteiger partial charge >= 0.3 is 0 Å². The molecule has 2 atom stereocenters. The van der Waals surface area contributed by atoms with Crippen LogP contribution in [0.25, 0.3) is 0 Å². The lowest BCUT2D eigenvalue weighted by Gasteiger charge is -2.28. The molecule has 202 valence electrons. The highest BCUT2D eigenvalue weighted by atomic mass is 32.2. The van der Waals surface area contributed by atoms with E-state index in [4.69, 9.17) is 9.15 Å². The van der Waals surface area contributed by atoms with Gasteiger partial charge in [0.15, 0.2) is 12.4 Å². The molecule has 1 aliphatic rings. The average Bonchev–Trinajstić information content (AvgIpc) is 3.41. The first-order valence-electron chi connectivity index (χ1n) is 13.3. The molecule has 1 aliphatic carbocycles. The molecule has 2 aromatic rings. The lowest BCUT2D eigenvalue weighted by molar-refractivity contribution is -0.132. The van der Waals surface area contributed by atoms with E-state index in [1.807, 2.05) is 44.2 Å². The number of carbonyl (C=O) groups is 3. The minimum Gasteiger partial charge on any atom is -0.484 e. The number of ether oxygens (including phenoxy) is 1. The van der Waals surface area contributed by atoms with Crippen LogP contribution in [-0.4, -0.2) is 42.0 Å². The van der Waals surface area contributed by atoms with E-state index in [2.05, 4.69) is 10.6 Å². The summed E-state index contributed by atoms with van der Waals surface area (Å²) in [5, 5.41) is 5.83. The Morgan fingerprint density at radius 2 is 1.76 bits per heavy atom. The SMILES string of the molecule is CC(C)CC(NC(=O)COc1ccccc1)C(=O)NC(CC1CCCCC1)C(=O)CSCc1ccco1. The van der Waals surface area contributed by atoms with Gasteiger partial charge in [0, 0.05) is 0 Å². The quantitative estimate of drug-likeness (QED) is 0.332. The summed E-state index contributed by atoms with van der Waals surface area (Å²) >= 11 is 1.49. The van der Waals surface area contributed by atoms with E-state index in [1.54, 1.807) is 18.4 Å². The van der Waals surface area contributed by atoms with Crippen molar-refractivity contribution in [1.82, 2.24) is 10.6 Å². The molecule has 2 unspecified atom stereocenters. The maximum atomic E-state index is 13.4. The molecule has 2 amide bonds. The molecule has 1 heterocycles. The van der Waals surface area contributed by atoms with Crippen molar-refractivity contribution in [3.63, 3.8) is 0 Å². The minimum atomic E-state index is -0.732. The van der Waals surface area contributed by atoms with Crippen LogP contribution in [0.1, 0.15) is 64.6 Å². The zero-order valence-electron chi connectivity index (χ0n) is 21.9. The van der Waals surface area contributed by atoms with Crippen molar-refractivity contribution in [2.45, 2.75) is 76.6 Å². The van der Waals surface area contributed by atoms with Crippen molar-refractivity contribution in [1.29, 1.82) is 0 Å². The molecule has 2 N–H and O–H groups in total. The third-order valence-electron chi connectivity index (χ3n) is 6.54. The summed E-state index contributed by atoms with van der Waals surface area (Å²) < 4.78 is 10.9. The van der Waals surface area contributed by atoms with Gasteiger partial charge in [0.2, 0.25) is 5.91 Å². The summed E-state index contributed by atoms with van der Waals surface area (Å²) in [7, 11) is 0. The highest BCUT2D eigenvalue weighted by Gasteiger charge is 2.29. The van der Waals surface area contributed by atoms with E-state index in [0.717, 1.165) is 18.6 Å². The number of hydrogen-bond acceptors (Lipinski definition) is 6. The fraction of sp³-hybridized carbons (Fsp3) is 0.552. The number of hydrogen-bond donors (Lipinski definition) is 2. The molecule has 0 spiro atoms. The van der Waals surface area contributed by atoms with Gasteiger partial charge in [0.05, 0.1) is 23.8 Å². The molecule has 1 aromatic carbocycles. The topological polar surface area (TPSA) is 97.6 Å². The minimum absolute atomic E-state index is 0.0116. The number of para-hydroxylation sites is 1. The van der Waals surface area contributed by atoms with Crippen molar-refractivity contribution in [3.8, 4) is 5.75 Å². The van der Waals surface area contributed by atoms with Gasteiger partial charge in [-0.25, -0.2) is 0 Å². The third-order valence-corrected chi connectivity index (χ3v) is 7.52. The van der Waals surface area contributed by atoms with E-state index in [0.29, 0.717) is 36.0 Å². The van der Waals surface area contributed by atoms with E-state index in [9.17, 15) is 14.4 Å². The van der Waals surface area contributed by atoms with Crippen LogP contribution in [0.4, 0.5) is 0 Å². The van der Waals surface area contributed by atoms with Gasteiger partial charge in [0.1, 0.15) is 17.6 Å². The van der Waals surface area contributed by atoms with Crippen molar-refractivity contribution >= 4 is 29.4 Å². The van der Waals surface area contributed by atoms with Gasteiger partial charge in [-0.05, 0) is 48.9 Å². The van der Waals surface area contributed by atoms with Crippen LogP contribution in [0.15, 0.2) is 53.1 Å². The van der Waals surface area contributed by atoms with E-state index >= 15 is 0 Å². The van der Waals surface area contributed by atoms with Gasteiger partial charge in [-0.2, -0.15) is 0 Å². The predicted molar refractivity (Wildman–Crippen MR) is 146 cm³/mol. The summed E-state index contributed by atoms with van der Waals surface area (Å²) in [5.74, 6) is 2.26. The Kier molecular flexibility index (Phi) is 12.1. The monoisotopic (exact) mass is 528 g/mol. The van der Waals surface area contributed by atoms with Crippen LogP contribution in [0, 0.1) is 11.8 Å². The molecule has 1 fully saturated rings. The van der Waals surface area contributed by atoms with Crippen LogP contribution in [0.5, 0.6) is 5.75 Å². The summed E-state index contributed by atoms with van der Waals surface area (Å²) in [5.41, 5.74) is 0. The molecule has 0 radical (unpaired) electrons. The maximum absolute atomic E-state index is 13.4. The molecular formula is C29H40N2O5S. The second-order valence-electron chi connectivity index (χ2n) is 10.2. The van der Waals surface area contributed by atoms with Gasteiger partial charge in [-0.3, -0.25) is 14.4 Å². The Morgan fingerprint density at radius 1 is 1.00 bits per heavy atom. The molecule has 1 saturated carbocycles. The van der Waals surface area contributed by atoms with Crippen molar-refractivity contribution in [2.24, 2.45) is 11.8 Å². The van der Waals surface area contributed by atoms with Gasteiger partial charge < -0.3 is 19.8 Å². The summed E-state index contributed by atoms with van der Waals surface area (Å²) in [4.78, 5) is 39.2. The third kappa shape index (κ3) is 10.6. The molecule has 1 aromatic heterocycles. The summed E-state index contributed by atoms with van der Waals surface area (Å²) in [6, 6.07) is 11.5. The zero-order chi connectivity index (χ0) is 26.5. The van der Waals surface area contributed by atoms with Crippen LogP contribution < -0.4 is 15.4 Å². The molecular weight excluding hydrogens is 488 g/mol. The largest absolute Gasteiger partial charge is 0.484 e. The standard InChI is InChI=1S/C29H40N2O5S/c1-21(2)16-26(30-28(33)18-36-23-12-7-4-8-13-23)29(34)31-25(17-22-10-5-3-6-11-22)27(32)20-37-19-24-14-9-15-35-24/h4,7-9,12-15,21-22,25-26H,3,5-6,10-11,16-20H2,1-2H3,(H,30,33)(H,31,34). The fourth-order valence-electron chi connectivity index (χ4n) is 4.65. The smallest absolute Gasteiger partial charge is 0.258 e. The van der Waals surface area contributed by atoms with E-state index in [1.165, 1.54) is 31.0 Å². The van der Waals surface area contributed by atoms with Crippen molar-refractivity contribution in [2.75, 3.05) is 12.4 Å². The molecule has 3 rings (SSSR count). The van der Waals surface area contributed by atoms with Gasteiger partial charge in [-0.1, -0.05) is 64.2 Å². The molecule has 0 aliphatic heterocycles. The highest BCUT2D eigenvalue weighted by Crippen LogP contribution is 2.28. The maximum Gasteiger partial charge on any atom is 0.258 e. The van der Waals surface area contributed by atoms with E-state index in [-0.39, 0.29) is 30.1 Å². The zero-order valence-corrected chi connectivity index (χ0v) is 22.8. The molecule has 7 nitrogen and oxygen atoms in total. The van der Waals surface area contributed by atoms with Crippen LogP contribution in [0.3, 0.4) is 0 Å². The number of amides is 2. The Morgan fingerprint density at radius 3 is 2.43 bits per heavy atom. The second kappa shape index (κ2) is 15.5. The van der Waals surface area contributed by atoms with Crippen LogP contribution >= 0.6 is 11.8 Å². The Labute approximate surface area is 224 Å². The highest BCUT2D eigenvalue weighted by molar-refractivity contribution is 7.99. The first-order chi connectivity index (χ1) is 17.9.